The number of carbonyl (C=O) groups excluding carboxylic acids is 1. The van der Waals surface area contributed by atoms with Gasteiger partial charge < -0.3 is 10.2 Å². The highest BCUT2D eigenvalue weighted by atomic mass is 32.1. The predicted octanol–water partition coefficient (Wildman–Crippen LogP) is 4.06. The van der Waals surface area contributed by atoms with Crippen LogP contribution in [-0.2, 0) is 0 Å². The number of hydrogen-bond donors (Lipinski definition) is 1. The quantitative estimate of drug-likeness (QED) is 0.771. The Morgan fingerprint density at radius 1 is 1.08 bits per heavy atom. The van der Waals surface area contributed by atoms with Crippen molar-refractivity contribution in [2.24, 2.45) is 0 Å². The average Bonchev–Trinajstić information content (AvgIpc) is 3.35. The van der Waals surface area contributed by atoms with E-state index in [4.69, 9.17) is 0 Å². The summed E-state index contributed by atoms with van der Waals surface area (Å²) in [5.41, 5.74) is 2.12. The third kappa shape index (κ3) is 3.53. The number of aromatic nitrogens is 2. The van der Waals surface area contributed by atoms with Crippen LogP contribution in [0.2, 0.25) is 0 Å². The van der Waals surface area contributed by atoms with Crippen molar-refractivity contribution in [1.29, 1.82) is 0 Å². The Labute approximate surface area is 150 Å². The molecular weight excluding hydrogens is 332 g/mol. The van der Waals surface area contributed by atoms with Crippen LogP contribution in [0.1, 0.15) is 23.3 Å². The molecule has 1 aromatic carbocycles. The van der Waals surface area contributed by atoms with Crippen LogP contribution in [0, 0.1) is 0 Å². The Hall–Kier alpha value is -2.73. The van der Waals surface area contributed by atoms with Gasteiger partial charge in [0.15, 0.2) is 0 Å². The molecule has 0 unspecified atom stereocenters. The highest BCUT2D eigenvalue weighted by Gasteiger charge is 2.15. The number of thiazole rings is 1. The maximum Gasteiger partial charge on any atom is 0.275 e. The molecule has 3 heterocycles. The summed E-state index contributed by atoms with van der Waals surface area (Å²) in [7, 11) is 0. The van der Waals surface area contributed by atoms with Gasteiger partial charge in [-0.1, -0.05) is 18.2 Å². The molecule has 1 amide bonds. The maximum atomic E-state index is 12.3. The number of pyridine rings is 1. The third-order valence-corrected chi connectivity index (χ3v) is 5.08. The lowest BCUT2D eigenvalue weighted by atomic mass is 10.3. The lowest BCUT2D eigenvalue weighted by Gasteiger charge is -2.15. The number of benzene rings is 1. The molecule has 126 valence electrons. The summed E-state index contributed by atoms with van der Waals surface area (Å²) in [5.74, 6) is 0.815. The van der Waals surface area contributed by atoms with Crippen LogP contribution in [0.25, 0.3) is 10.6 Å². The summed E-state index contributed by atoms with van der Waals surface area (Å²) in [6.07, 6.45) is 4.30. The van der Waals surface area contributed by atoms with Crippen LogP contribution in [0.3, 0.4) is 0 Å². The number of para-hydroxylation sites is 1. The van der Waals surface area contributed by atoms with Crippen molar-refractivity contribution in [1.82, 2.24) is 9.97 Å². The molecule has 1 N–H and O–H groups in total. The van der Waals surface area contributed by atoms with Crippen LogP contribution in [0.15, 0.2) is 54.0 Å². The van der Waals surface area contributed by atoms with Crippen molar-refractivity contribution in [3.8, 4) is 10.6 Å². The van der Waals surface area contributed by atoms with Gasteiger partial charge in [-0.3, -0.25) is 4.79 Å². The minimum Gasteiger partial charge on any atom is -0.357 e. The molecule has 2 aromatic heterocycles. The van der Waals surface area contributed by atoms with Crippen LogP contribution < -0.4 is 10.2 Å². The van der Waals surface area contributed by atoms with Crippen LogP contribution in [0.4, 0.5) is 11.5 Å². The minimum atomic E-state index is -0.199. The van der Waals surface area contributed by atoms with Crippen molar-refractivity contribution >= 4 is 28.7 Å². The number of anilines is 2. The fourth-order valence-electron chi connectivity index (χ4n) is 2.87. The first kappa shape index (κ1) is 15.8. The molecule has 4 rings (SSSR count). The lowest BCUT2D eigenvalue weighted by molar-refractivity contribution is 0.102. The zero-order chi connectivity index (χ0) is 17.1. The molecule has 1 fully saturated rings. The van der Waals surface area contributed by atoms with Crippen LogP contribution in [0.5, 0.6) is 0 Å². The van der Waals surface area contributed by atoms with E-state index in [2.05, 4.69) is 20.2 Å². The van der Waals surface area contributed by atoms with Crippen molar-refractivity contribution in [2.75, 3.05) is 23.3 Å². The summed E-state index contributed by atoms with van der Waals surface area (Å²) in [6, 6.07) is 13.4. The summed E-state index contributed by atoms with van der Waals surface area (Å²) in [4.78, 5) is 23.6. The molecule has 0 atom stereocenters. The van der Waals surface area contributed by atoms with Gasteiger partial charge in [-0.15, -0.1) is 11.3 Å². The first-order chi connectivity index (χ1) is 12.3. The van der Waals surface area contributed by atoms with Gasteiger partial charge in [0.25, 0.3) is 5.91 Å². The van der Waals surface area contributed by atoms with Crippen LogP contribution >= 0.6 is 11.3 Å². The zero-order valence-corrected chi connectivity index (χ0v) is 14.5. The van der Waals surface area contributed by atoms with Gasteiger partial charge in [-0.05, 0) is 37.1 Å². The van der Waals surface area contributed by atoms with Crippen molar-refractivity contribution in [3.63, 3.8) is 0 Å². The van der Waals surface area contributed by atoms with E-state index in [1.807, 2.05) is 48.7 Å². The molecule has 0 saturated carbocycles. The summed E-state index contributed by atoms with van der Waals surface area (Å²) in [6.45, 7) is 2.15. The number of amides is 1. The Balaban J connectivity index is 1.48. The second-order valence-electron chi connectivity index (χ2n) is 5.96. The number of nitrogens with one attached hydrogen (secondary N) is 1. The van der Waals surface area contributed by atoms with Gasteiger partial charge in [0.05, 0.1) is 0 Å². The van der Waals surface area contributed by atoms with E-state index in [1.165, 1.54) is 24.2 Å². The van der Waals surface area contributed by atoms with E-state index in [1.54, 1.807) is 5.38 Å². The zero-order valence-electron chi connectivity index (χ0n) is 13.7. The molecule has 5 nitrogen and oxygen atoms in total. The van der Waals surface area contributed by atoms with E-state index in [0.29, 0.717) is 5.69 Å². The standard InChI is InChI=1S/C19H18N4OS/c24-18(21-15-6-2-1-3-7-15)16-13-25-19(22-16)14-8-9-17(20-12-14)23-10-4-5-11-23/h1-3,6-9,12-13H,4-5,10-11H2,(H,21,24). The normalized spacial score (nSPS) is 13.8. The summed E-state index contributed by atoms with van der Waals surface area (Å²) < 4.78 is 0. The monoisotopic (exact) mass is 350 g/mol. The molecule has 25 heavy (non-hydrogen) atoms. The molecule has 1 saturated heterocycles. The SMILES string of the molecule is O=C(Nc1ccccc1)c1csc(-c2ccc(N3CCCC3)nc2)n1. The smallest absolute Gasteiger partial charge is 0.275 e. The largest absolute Gasteiger partial charge is 0.357 e. The highest BCUT2D eigenvalue weighted by molar-refractivity contribution is 7.13. The highest BCUT2D eigenvalue weighted by Crippen LogP contribution is 2.26. The molecular formula is C19H18N4OS. The van der Waals surface area contributed by atoms with Gasteiger partial charge in [0, 0.05) is 35.9 Å². The topological polar surface area (TPSA) is 58.1 Å². The molecule has 1 aliphatic rings. The molecule has 0 bridgehead atoms. The second kappa shape index (κ2) is 7.03. The van der Waals surface area contributed by atoms with E-state index in [9.17, 15) is 4.79 Å². The maximum absolute atomic E-state index is 12.3. The molecule has 0 radical (unpaired) electrons. The number of carbonyl (C=O) groups is 1. The first-order valence-electron chi connectivity index (χ1n) is 8.33. The van der Waals surface area contributed by atoms with Crippen molar-refractivity contribution in [3.05, 3.63) is 59.7 Å². The van der Waals surface area contributed by atoms with E-state index < -0.39 is 0 Å². The van der Waals surface area contributed by atoms with Gasteiger partial charge >= 0.3 is 0 Å². The van der Waals surface area contributed by atoms with E-state index in [-0.39, 0.29) is 5.91 Å². The molecule has 0 aliphatic carbocycles. The Morgan fingerprint density at radius 2 is 1.88 bits per heavy atom. The average molecular weight is 350 g/mol. The first-order valence-corrected chi connectivity index (χ1v) is 9.21. The van der Waals surface area contributed by atoms with E-state index in [0.717, 1.165) is 35.2 Å². The summed E-state index contributed by atoms with van der Waals surface area (Å²) >= 11 is 1.45. The third-order valence-electron chi connectivity index (χ3n) is 4.19. The number of hydrogen-bond acceptors (Lipinski definition) is 5. The number of rotatable bonds is 4. The molecule has 1 aliphatic heterocycles. The fraction of sp³-hybridized carbons (Fsp3) is 0.211. The van der Waals surface area contributed by atoms with Gasteiger partial charge in [-0.2, -0.15) is 0 Å². The Bertz CT molecular complexity index is 855. The fourth-order valence-corrected chi connectivity index (χ4v) is 3.66. The Morgan fingerprint density at radius 3 is 2.60 bits per heavy atom. The van der Waals surface area contributed by atoms with E-state index >= 15 is 0 Å². The predicted molar refractivity (Wildman–Crippen MR) is 101 cm³/mol. The Kier molecular flexibility index (Phi) is 4.43. The number of nitrogens with zero attached hydrogens (tertiary/aromatic N) is 3. The minimum absolute atomic E-state index is 0.199. The lowest BCUT2D eigenvalue weighted by Crippen LogP contribution is -2.18. The van der Waals surface area contributed by atoms with Crippen molar-refractivity contribution < 1.29 is 4.79 Å². The molecule has 0 spiro atoms. The molecule has 6 heteroatoms. The van der Waals surface area contributed by atoms with Gasteiger partial charge in [0.1, 0.15) is 16.5 Å². The van der Waals surface area contributed by atoms with Crippen molar-refractivity contribution in [2.45, 2.75) is 12.8 Å². The van der Waals surface area contributed by atoms with Gasteiger partial charge in [-0.25, -0.2) is 9.97 Å². The van der Waals surface area contributed by atoms with Crippen LogP contribution in [-0.4, -0.2) is 29.0 Å². The second-order valence-corrected chi connectivity index (χ2v) is 6.82. The summed E-state index contributed by atoms with van der Waals surface area (Å²) in [5, 5.41) is 5.44. The van der Waals surface area contributed by atoms with Gasteiger partial charge in [0.2, 0.25) is 0 Å². The molecule has 3 aromatic rings.